The Labute approximate surface area is 125 Å². The number of hydrogen-bond donors (Lipinski definition) is 1. The number of anilines is 1. The molecular weight excluding hydrogens is 278 g/mol. The molecular formula is C14H20ClN3S. The van der Waals surface area contributed by atoms with Crippen molar-refractivity contribution in [2.45, 2.75) is 18.9 Å². The number of nitrogens with zero attached hydrogens (tertiary/aromatic N) is 2. The van der Waals surface area contributed by atoms with Crippen molar-refractivity contribution in [1.82, 2.24) is 4.90 Å². The molecule has 1 aromatic rings. The van der Waals surface area contributed by atoms with E-state index < -0.39 is 0 Å². The molecule has 1 unspecified atom stereocenters. The van der Waals surface area contributed by atoms with E-state index in [1.165, 1.54) is 19.4 Å². The van der Waals surface area contributed by atoms with E-state index in [0.29, 0.717) is 16.1 Å². The molecule has 1 saturated heterocycles. The van der Waals surface area contributed by atoms with Gasteiger partial charge in [-0.15, -0.1) is 0 Å². The molecule has 1 heterocycles. The Morgan fingerprint density at radius 1 is 1.53 bits per heavy atom. The number of hydrogen-bond acceptors (Lipinski definition) is 3. The van der Waals surface area contributed by atoms with Gasteiger partial charge in [-0.2, -0.15) is 0 Å². The second kappa shape index (κ2) is 6.07. The van der Waals surface area contributed by atoms with Crippen molar-refractivity contribution in [2.75, 3.05) is 32.1 Å². The highest BCUT2D eigenvalue weighted by atomic mass is 35.5. The van der Waals surface area contributed by atoms with Crippen LogP contribution in [-0.2, 0) is 0 Å². The summed E-state index contributed by atoms with van der Waals surface area (Å²) in [5.74, 6) is 0. The first-order valence-corrected chi connectivity index (χ1v) is 7.28. The zero-order chi connectivity index (χ0) is 14.0. The van der Waals surface area contributed by atoms with Gasteiger partial charge in [-0.05, 0) is 44.6 Å². The topological polar surface area (TPSA) is 32.5 Å². The fraction of sp³-hybridized carbons (Fsp3) is 0.500. The summed E-state index contributed by atoms with van der Waals surface area (Å²) in [6.45, 7) is 2.25. The highest BCUT2D eigenvalue weighted by molar-refractivity contribution is 7.80. The standard InChI is InChI=1S/C14H20ClN3S/c1-17-7-3-4-11(9-17)18(2)13-6-5-10(14(16)19)8-12(13)15/h5-6,8,11H,3-4,7,9H2,1-2H3,(H2,16,19). The van der Waals surface area contributed by atoms with Gasteiger partial charge in [0.25, 0.3) is 0 Å². The van der Waals surface area contributed by atoms with Gasteiger partial charge in [0.1, 0.15) is 4.99 Å². The number of thiocarbonyl (C=S) groups is 1. The molecule has 5 heteroatoms. The van der Waals surface area contributed by atoms with E-state index in [-0.39, 0.29) is 0 Å². The smallest absolute Gasteiger partial charge is 0.104 e. The maximum Gasteiger partial charge on any atom is 0.104 e. The number of rotatable bonds is 3. The number of halogens is 1. The summed E-state index contributed by atoms with van der Waals surface area (Å²) in [4.78, 5) is 5.01. The van der Waals surface area contributed by atoms with E-state index in [1.807, 2.05) is 18.2 Å². The number of likely N-dealkylation sites (tertiary alicyclic amines) is 1. The summed E-state index contributed by atoms with van der Waals surface area (Å²) >= 11 is 11.3. The van der Waals surface area contributed by atoms with E-state index in [0.717, 1.165) is 17.8 Å². The summed E-state index contributed by atoms with van der Waals surface area (Å²) in [6, 6.07) is 6.30. The molecule has 2 N–H and O–H groups in total. The van der Waals surface area contributed by atoms with Crippen molar-refractivity contribution in [2.24, 2.45) is 5.73 Å². The minimum atomic E-state index is 0.383. The molecule has 0 aliphatic carbocycles. The maximum atomic E-state index is 6.35. The summed E-state index contributed by atoms with van der Waals surface area (Å²) in [6.07, 6.45) is 2.43. The first-order chi connectivity index (χ1) is 8.99. The van der Waals surface area contributed by atoms with Gasteiger partial charge in [-0.1, -0.05) is 23.8 Å². The average Bonchev–Trinajstić information content (AvgIpc) is 2.37. The molecule has 0 amide bonds. The van der Waals surface area contributed by atoms with Crippen LogP contribution in [0.1, 0.15) is 18.4 Å². The second-order valence-electron chi connectivity index (χ2n) is 5.20. The van der Waals surface area contributed by atoms with Crippen LogP contribution in [0.15, 0.2) is 18.2 Å². The van der Waals surface area contributed by atoms with Crippen LogP contribution in [0.4, 0.5) is 5.69 Å². The minimum Gasteiger partial charge on any atom is -0.389 e. The highest BCUT2D eigenvalue weighted by Crippen LogP contribution is 2.29. The predicted octanol–water partition coefficient (Wildman–Crippen LogP) is 2.50. The Bertz CT molecular complexity index is 478. The summed E-state index contributed by atoms with van der Waals surface area (Å²) in [7, 11) is 4.27. The zero-order valence-corrected chi connectivity index (χ0v) is 13.0. The first kappa shape index (κ1) is 14.6. The van der Waals surface area contributed by atoms with Gasteiger partial charge < -0.3 is 15.5 Å². The van der Waals surface area contributed by atoms with Gasteiger partial charge in [-0.25, -0.2) is 0 Å². The molecule has 1 aliphatic rings. The molecule has 2 rings (SSSR count). The van der Waals surface area contributed by atoms with Crippen molar-refractivity contribution < 1.29 is 0 Å². The zero-order valence-electron chi connectivity index (χ0n) is 11.4. The molecule has 19 heavy (non-hydrogen) atoms. The van der Waals surface area contributed by atoms with Crippen LogP contribution in [0, 0.1) is 0 Å². The first-order valence-electron chi connectivity index (χ1n) is 6.50. The van der Waals surface area contributed by atoms with Crippen LogP contribution in [0.3, 0.4) is 0 Å². The fourth-order valence-electron chi connectivity index (χ4n) is 2.60. The second-order valence-corrected chi connectivity index (χ2v) is 6.05. The van der Waals surface area contributed by atoms with E-state index >= 15 is 0 Å². The number of nitrogens with two attached hydrogens (primary N) is 1. The Morgan fingerprint density at radius 3 is 2.84 bits per heavy atom. The van der Waals surface area contributed by atoms with Gasteiger partial charge in [0.15, 0.2) is 0 Å². The number of piperidine rings is 1. The minimum absolute atomic E-state index is 0.383. The lowest BCUT2D eigenvalue weighted by Gasteiger charge is -2.37. The van der Waals surface area contributed by atoms with Crippen molar-refractivity contribution in [1.29, 1.82) is 0 Å². The van der Waals surface area contributed by atoms with Crippen molar-refractivity contribution in [3.63, 3.8) is 0 Å². The molecule has 0 saturated carbocycles. The lowest BCUT2D eigenvalue weighted by atomic mass is 10.0. The van der Waals surface area contributed by atoms with E-state index in [9.17, 15) is 0 Å². The van der Waals surface area contributed by atoms with Crippen molar-refractivity contribution in [3.8, 4) is 0 Å². The number of likely N-dealkylation sites (N-methyl/N-ethyl adjacent to an activating group) is 2. The van der Waals surface area contributed by atoms with Gasteiger partial charge in [-0.3, -0.25) is 0 Å². The Balaban J connectivity index is 2.19. The molecule has 104 valence electrons. The summed E-state index contributed by atoms with van der Waals surface area (Å²) in [5.41, 5.74) is 7.48. The quantitative estimate of drug-likeness (QED) is 0.869. The monoisotopic (exact) mass is 297 g/mol. The van der Waals surface area contributed by atoms with Crippen LogP contribution < -0.4 is 10.6 Å². The van der Waals surface area contributed by atoms with Crippen LogP contribution in [0.25, 0.3) is 0 Å². The lowest BCUT2D eigenvalue weighted by Crippen LogP contribution is -2.45. The van der Waals surface area contributed by atoms with Gasteiger partial charge in [0, 0.05) is 25.2 Å². The summed E-state index contributed by atoms with van der Waals surface area (Å²) in [5, 5.41) is 0.709. The van der Waals surface area contributed by atoms with Crippen LogP contribution in [0.2, 0.25) is 5.02 Å². The Kier molecular flexibility index (Phi) is 4.66. The molecule has 0 bridgehead atoms. The maximum absolute atomic E-state index is 6.35. The third-order valence-electron chi connectivity index (χ3n) is 3.76. The fourth-order valence-corrected chi connectivity index (χ4v) is 3.04. The molecule has 0 spiro atoms. The molecule has 0 aromatic heterocycles. The predicted molar refractivity (Wildman–Crippen MR) is 86.3 cm³/mol. The van der Waals surface area contributed by atoms with Crippen LogP contribution in [-0.4, -0.2) is 43.1 Å². The Morgan fingerprint density at radius 2 is 2.26 bits per heavy atom. The van der Waals surface area contributed by atoms with Gasteiger partial charge >= 0.3 is 0 Å². The Hall–Kier alpha value is -0.840. The largest absolute Gasteiger partial charge is 0.389 e. The number of benzene rings is 1. The molecule has 1 aliphatic heterocycles. The van der Waals surface area contributed by atoms with Crippen molar-refractivity contribution in [3.05, 3.63) is 28.8 Å². The highest BCUT2D eigenvalue weighted by Gasteiger charge is 2.22. The van der Waals surface area contributed by atoms with Gasteiger partial charge in [0.2, 0.25) is 0 Å². The molecule has 1 aromatic carbocycles. The third-order valence-corrected chi connectivity index (χ3v) is 4.30. The van der Waals surface area contributed by atoms with Gasteiger partial charge in [0.05, 0.1) is 10.7 Å². The van der Waals surface area contributed by atoms with E-state index in [1.54, 1.807) is 0 Å². The van der Waals surface area contributed by atoms with Crippen molar-refractivity contribution >= 4 is 34.5 Å². The van der Waals surface area contributed by atoms with Crippen LogP contribution >= 0.6 is 23.8 Å². The average molecular weight is 298 g/mol. The third kappa shape index (κ3) is 3.38. The normalized spacial score (nSPS) is 20.3. The molecule has 1 fully saturated rings. The molecule has 1 atom stereocenters. The molecule has 0 radical (unpaired) electrons. The van der Waals surface area contributed by atoms with E-state index in [4.69, 9.17) is 29.6 Å². The van der Waals surface area contributed by atoms with E-state index in [2.05, 4.69) is 23.9 Å². The van der Waals surface area contributed by atoms with Crippen LogP contribution in [0.5, 0.6) is 0 Å². The molecule has 3 nitrogen and oxygen atoms in total. The lowest BCUT2D eigenvalue weighted by molar-refractivity contribution is 0.248. The summed E-state index contributed by atoms with van der Waals surface area (Å²) < 4.78 is 0. The SMILES string of the molecule is CN1CCCC(N(C)c2ccc(C(N)=S)cc2Cl)C1.